The molecule has 128 valence electrons. The van der Waals surface area contributed by atoms with Crippen LogP contribution in [0.3, 0.4) is 0 Å². The number of anilines is 2. The lowest BCUT2D eigenvalue weighted by molar-refractivity contribution is 0.103. The van der Waals surface area contributed by atoms with E-state index in [1.807, 2.05) is 67.6 Å². The van der Waals surface area contributed by atoms with Gasteiger partial charge in [-0.2, -0.15) is 0 Å². The number of aromatic nitrogens is 1. The van der Waals surface area contributed by atoms with E-state index in [9.17, 15) is 4.79 Å². The Morgan fingerprint density at radius 1 is 0.962 bits per heavy atom. The van der Waals surface area contributed by atoms with Gasteiger partial charge >= 0.3 is 0 Å². The van der Waals surface area contributed by atoms with Crippen LogP contribution < -0.4 is 5.32 Å². The van der Waals surface area contributed by atoms with Crippen LogP contribution in [0.15, 0.2) is 72.8 Å². The molecule has 0 fully saturated rings. The zero-order valence-electron chi connectivity index (χ0n) is 14.2. The molecule has 0 radical (unpaired) electrons. The van der Waals surface area contributed by atoms with Crippen molar-refractivity contribution in [3.63, 3.8) is 0 Å². The maximum Gasteiger partial charge on any atom is 0.210 e. The van der Waals surface area contributed by atoms with Crippen molar-refractivity contribution >= 4 is 39.7 Å². The molecule has 2 N–H and O–H groups in total. The topological polar surface area (TPSA) is 44.9 Å². The van der Waals surface area contributed by atoms with Gasteiger partial charge in [0.1, 0.15) is 0 Å². The second kappa shape index (κ2) is 6.70. The molecule has 4 aromatic rings. The largest absolute Gasteiger partial charge is 0.355 e. The highest BCUT2D eigenvalue weighted by Gasteiger charge is 2.15. The molecule has 0 atom stereocenters. The number of rotatable bonds is 4. The lowest BCUT2D eigenvalue weighted by atomic mass is 10.1. The molecule has 0 spiro atoms. The van der Waals surface area contributed by atoms with Crippen molar-refractivity contribution in [2.24, 2.45) is 0 Å². The van der Waals surface area contributed by atoms with Gasteiger partial charge in [-0.1, -0.05) is 48.0 Å². The summed E-state index contributed by atoms with van der Waals surface area (Å²) in [6, 6.07) is 23.1. The van der Waals surface area contributed by atoms with Crippen molar-refractivity contribution < 1.29 is 4.79 Å². The zero-order valence-corrected chi connectivity index (χ0v) is 15.0. The molecule has 1 heterocycles. The Kier molecular flexibility index (Phi) is 4.23. The maximum atomic E-state index is 12.8. The fourth-order valence-electron chi connectivity index (χ4n) is 2.99. The quantitative estimate of drug-likeness (QED) is 0.431. The van der Waals surface area contributed by atoms with Gasteiger partial charge in [-0.15, -0.1) is 0 Å². The molecule has 3 aromatic carbocycles. The average Bonchev–Trinajstić information content (AvgIpc) is 3.07. The number of para-hydroxylation sites is 2. The Bertz CT molecular complexity index is 1080. The number of aromatic amines is 1. The van der Waals surface area contributed by atoms with Crippen molar-refractivity contribution in [2.45, 2.75) is 6.92 Å². The van der Waals surface area contributed by atoms with Gasteiger partial charge in [0.15, 0.2) is 0 Å². The number of hydrogen-bond donors (Lipinski definition) is 2. The Morgan fingerprint density at radius 2 is 1.73 bits per heavy atom. The van der Waals surface area contributed by atoms with Crippen molar-refractivity contribution in [3.8, 4) is 0 Å². The second-order valence-electron chi connectivity index (χ2n) is 6.23. The first-order chi connectivity index (χ1) is 12.6. The summed E-state index contributed by atoms with van der Waals surface area (Å²) in [4.78, 5) is 16.0. The monoisotopic (exact) mass is 360 g/mol. The number of ketones is 1. The first kappa shape index (κ1) is 16.4. The molecule has 0 unspecified atom stereocenters. The number of nitrogens with one attached hydrogen (secondary N) is 2. The Morgan fingerprint density at radius 3 is 2.50 bits per heavy atom. The molecular formula is C22H17ClN2O. The van der Waals surface area contributed by atoms with Crippen LogP contribution in [0.2, 0.25) is 5.02 Å². The normalized spacial score (nSPS) is 10.8. The number of aryl methyl sites for hydroxylation is 1. The molecule has 4 heteroatoms. The minimum atomic E-state index is -0.117. The van der Waals surface area contributed by atoms with Crippen LogP contribution in [0.1, 0.15) is 21.6 Å². The number of carbonyl (C=O) groups excluding carboxylic acids is 1. The van der Waals surface area contributed by atoms with E-state index < -0.39 is 0 Å². The molecular weight excluding hydrogens is 344 g/mol. The van der Waals surface area contributed by atoms with Crippen molar-refractivity contribution in [1.29, 1.82) is 0 Å². The highest BCUT2D eigenvalue weighted by molar-refractivity contribution is 6.35. The molecule has 0 aliphatic heterocycles. The first-order valence-corrected chi connectivity index (χ1v) is 8.74. The van der Waals surface area contributed by atoms with Crippen molar-refractivity contribution in [2.75, 3.05) is 5.32 Å². The SMILES string of the molecule is Cc1ccccc1Nc1ccc(C(=O)c2cc3ccccc3[nH]2)c(Cl)c1. The number of fused-ring (bicyclic) bond motifs is 1. The van der Waals surface area contributed by atoms with E-state index in [1.54, 1.807) is 12.1 Å². The molecule has 0 saturated carbocycles. The van der Waals surface area contributed by atoms with Gasteiger partial charge in [0.2, 0.25) is 5.78 Å². The van der Waals surface area contributed by atoms with Gasteiger partial charge in [-0.3, -0.25) is 4.79 Å². The average molecular weight is 361 g/mol. The fraction of sp³-hybridized carbons (Fsp3) is 0.0455. The third-order valence-corrected chi connectivity index (χ3v) is 4.73. The van der Waals surface area contributed by atoms with Crippen LogP contribution >= 0.6 is 11.6 Å². The summed E-state index contributed by atoms with van der Waals surface area (Å²) < 4.78 is 0. The fourth-order valence-corrected chi connectivity index (χ4v) is 3.25. The predicted molar refractivity (Wildman–Crippen MR) is 108 cm³/mol. The lowest BCUT2D eigenvalue weighted by Gasteiger charge is -2.11. The highest BCUT2D eigenvalue weighted by Crippen LogP contribution is 2.27. The molecule has 1 aromatic heterocycles. The summed E-state index contributed by atoms with van der Waals surface area (Å²) in [5, 5.41) is 4.76. The Hall–Kier alpha value is -3.04. The molecule has 0 bridgehead atoms. The molecule has 3 nitrogen and oxygen atoms in total. The molecule has 0 amide bonds. The summed E-state index contributed by atoms with van der Waals surface area (Å²) in [5.41, 5.74) is 4.95. The van der Waals surface area contributed by atoms with E-state index in [1.165, 1.54) is 0 Å². The van der Waals surface area contributed by atoms with E-state index in [2.05, 4.69) is 10.3 Å². The minimum absolute atomic E-state index is 0.117. The summed E-state index contributed by atoms with van der Waals surface area (Å²) in [5.74, 6) is -0.117. The van der Waals surface area contributed by atoms with E-state index in [-0.39, 0.29) is 5.78 Å². The summed E-state index contributed by atoms with van der Waals surface area (Å²) in [6.45, 7) is 2.04. The van der Waals surface area contributed by atoms with E-state index >= 15 is 0 Å². The number of hydrogen-bond acceptors (Lipinski definition) is 2. The third-order valence-electron chi connectivity index (χ3n) is 4.41. The summed E-state index contributed by atoms with van der Waals surface area (Å²) in [6.07, 6.45) is 0. The molecule has 0 aliphatic carbocycles. The lowest BCUT2D eigenvalue weighted by Crippen LogP contribution is -2.03. The van der Waals surface area contributed by atoms with E-state index in [0.29, 0.717) is 16.3 Å². The van der Waals surface area contributed by atoms with Crippen molar-refractivity contribution in [1.82, 2.24) is 4.98 Å². The smallest absolute Gasteiger partial charge is 0.210 e. The van der Waals surface area contributed by atoms with Crippen LogP contribution in [-0.2, 0) is 0 Å². The Balaban J connectivity index is 1.63. The molecule has 26 heavy (non-hydrogen) atoms. The highest BCUT2D eigenvalue weighted by atomic mass is 35.5. The minimum Gasteiger partial charge on any atom is -0.355 e. The standard InChI is InChI=1S/C22H17ClN2O/c1-14-6-2-4-8-19(14)24-16-10-11-17(18(23)13-16)22(26)21-12-15-7-3-5-9-20(15)25-21/h2-13,24-25H,1H3. The van der Waals surface area contributed by atoms with Crippen LogP contribution in [0.5, 0.6) is 0 Å². The first-order valence-electron chi connectivity index (χ1n) is 8.36. The van der Waals surface area contributed by atoms with Crippen LogP contribution in [0, 0.1) is 6.92 Å². The predicted octanol–water partition coefficient (Wildman–Crippen LogP) is 6.10. The molecule has 0 saturated heterocycles. The van der Waals surface area contributed by atoms with E-state index in [0.717, 1.165) is 27.8 Å². The van der Waals surface area contributed by atoms with Gasteiger partial charge in [-0.05, 0) is 48.9 Å². The molecule has 4 rings (SSSR count). The van der Waals surface area contributed by atoms with Gasteiger partial charge < -0.3 is 10.3 Å². The number of H-pyrrole nitrogens is 1. The maximum absolute atomic E-state index is 12.8. The summed E-state index contributed by atoms with van der Waals surface area (Å²) in [7, 11) is 0. The van der Waals surface area contributed by atoms with E-state index in [4.69, 9.17) is 11.6 Å². The third kappa shape index (κ3) is 3.09. The molecule has 0 aliphatic rings. The van der Waals surface area contributed by atoms with Crippen LogP contribution in [-0.4, -0.2) is 10.8 Å². The second-order valence-corrected chi connectivity index (χ2v) is 6.64. The number of halogens is 1. The number of carbonyl (C=O) groups is 1. The number of benzene rings is 3. The Labute approximate surface area is 156 Å². The van der Waals surface area contributed by atoms with Gasteiger partial charge in [0.25, 0.3) is 0 Å². The van der Waals surface area contributed by atoms with Crippen LogP contribution in [0.25, 0.3) is 10.9 Å². The van der Waals surface area contributed by atoms with Gasteiger partial charge in [0, 0.05) is 27.8 Å². The van der Waals surface area contributed by atoms with Crippen molar-refractivity contribution in [3.05, 3.63) is 94.6 Å². The van der Waals surface area contributed by atoms with Gasteiger partial charge in [-0.25, -0.2) is 0 Å². The zero-order chi connectivity index (χ0) is 18.1. The van der Waals surface area contributed by atoms with Crippen LogP contribution in [0.4, 0.5) is 11.4 Å². The van der Waals surface area contributed by atoms with Gasteiger partial charge in [0.05, 0.1) is 10.7 Å². The summed E-state index contributed by atoms with van der Waals surface area (Å²) >= 11 is 6.40.